The zero-order chi connectivity index (χ0) is 22.4. The molecule has 0 saturated carbocycles. The maximum absolute atomic E-state index is 12.0. The largest absolute Gasteiger partial charge is 0.465 e. The van der Waals surface area contributed by atoms with Crippen LogP contribution in [0.3, 0.4) is 0 Å². The molecule has 0 aliphatic carbocycles. The van der Waals surface area contributed by atoms with E-state index in [-0.39, 0.29) is 18.4 Å². The molecule has 0 aliphatic rings. The third-order valence-corrected chi connectivity index (χ3v) is 7.56. The summed E-state index contributed by atoms with van der Waals surface area (Å²) in [7, 11) is 0. The average molecular weight is 451 g/mol. The van der Waals surface area contributed by atoms with E-state index in [1.165, 1.54) is 11.3 Å². The highest BCUT2D eigenvalue weighted by atomic mass is 32.1. The topological polar surface area (TPSA) is 118 Å². The van der Waals surface area contributed by atoms with Crippen LogP contribution in [0.5, 0.6) is 0 Å². The Morgan fingerprint density at radius 3 is 2.27 bits per heavy atom. The van der Waals surface area contributed by atoms with Crippen LogP contribution in [0.25, 0.3) is 10.4 Å². The van der Waals surface area contributed by atoms with E-state index in [2.05, 4.69) is 15.3 Å². The minimum atomic E-state index is -1.12. The van der Waals surface area contributed by atoms with Gasteiger partial charge in [-0.25, -0.2) is 4.79 Å². The summed E-state index contributed by atoms with van der Waals surface area (Å²) in [6.07, 6.45) is -0.533. The third-order valence-electron chi connectivity index (χ3n) is 6.16. The standard InChI is InChI=1S/C21H30N4O3S2/c1-14(2)21(24-19(27)28,18(11-26)16-6-8-30-13-16)20(3,4)9-17(10-23-25-22)15-5-7-29-12-15/h5-8,12-14,17-18,24,26H,9-11H2,1-4H3,(H,27,28)/t17-,18+,21?/m1/s1. The molecule has 2 heterocycles. The zero-order valence-electron chi connectivity index (χ0n) is 17.8. The summed E-state index contributed by atoms with van der Waals surface area (Å²) in [6.45, 7) is 8.15. The van der Waals surface area contributed by atoms with Gasteiger partial charge in [0.25, 0.3) is 0 Å². The summed E-state index contributed by atoms with van der Waals surface area (Å²) in [5.41, 5.74) is 9.34. The number of carbonyl (C=O) groups is 1. The van der Waals surface area contributed by atoms with Gasteiger partial charge in [0, 0.05) is 17.4 Å². The van der Waals surface area contributed by atoms with Crippen LogP contribution >= 0.6 is 22.7 Å². The summed E-state index contributed by atoms with van der Waals surface area (Å²) in [4.78, 5) is 14.9. The second-order valence-electron chi connectivity index (χ2n) is 8.50. The van der Waals surface area contributed by atoms with Crippen molar-refractivity contribution in [1.29, 1.82) is 0 Å². The Balaban J connectivity index is 2.58. The fourth-order valence-electron chi connectivity index (χ4n) is 4.93. The minimum absolute atomic E-state index is 0.0577. The molecule has 0 saturated heterocycles. The van der Waals surface area contributed by atoms with Gasteiger partial charge in [-0.15, -0.1) is 0 Å². The van der Waals surface area contributed by atoms with Gasteiger partial charge in [-0.2, -0.15) is 22.7 Å². The molecule has 1 amide bonds. The lowest BCUT2D eigenvalue weighted by atomic mass is 9.56. The summed E-state index contributed by atoms with van der Waals surface area (Å²) in [6, 6.07) is 3.96. The van der Waals surface area contributed by atoms with Crippen molar-refractivity contribution in [2.24, 2.45) is 16.4 Å². The molecule has 0 aliphatic heterocycles. The third kappa shape index (κ3) is 4.98. The molecule has 30 heavy (non-hydrogen) atoms. The van der Waals surface area contributed by atoms with Crippen molar-refractivity contribution in [2.75, 3.05) is 13.2 Å². The summed E-state index contributed by atoms with van der Waals surface area (Å²) in [5.74, 6) is -0.585. The normalized spacial score (nSPS) is 15.8. The Morgan fingerprint density at radius 2 is 1.83 bits per heavy atom. The van der Waals surface area contributed by atoms with Crippen molar-refractivity contribution >= 4 is 28.8 Å². The van der Waals surface area contributed by atoms with Crippen LogP contribution in [0.2, 0.25) is 0 Å². The monoisotopic (exact) mass is 450 g/mol. The number of rotatable bonds is 11. The Hall–Kier alpha value is -2.06. The number of nitrogens with one attached hydrogen (secondary N) is 1. The molecule has 7 nitrogen and oxygen atoms in total. The first kappa shape index (κ1) is 24.2. The van der Waals surface area contributed by atoms with Crippen LogP contribution in [0.1, 0.15) is 57.1 Å². The van der Waals surface area contributed by atoms with Crippen molar-refractivity contribution < 1.29 is 15.0 Å². The Morgan fingerprint density at radius 1 is 1.23 bits per heavy atom. The molecule has 164 valence electrons. The molecule has 2 aromatic heterocycles. The van der Waals surface area contributed by atoms with E-state index in [1.807, 2.05) is 61.3 Å². The molecule has 0 radical (unpaired) electrons. The minimum Gasteiger partial charge on any atom is -0.465 e. The molecule has 2 rings (SSSR count). The van der Waals surface area contributed by atoms with Gasteiger partial charge in [0.1, 0.15) is 0 Å². The van der Waals surface area contributed by atoms with Gasteiger partial charge < -0.3 is 15.5 Å². The maximum Gasteiger partial charge on any atom is 0.405 e. The first-order valence-electron chi connectivity index (χ1n) is 9.86. The van der Waals surface area contributed by atoms with E-state index >= 15 is 0 Å². The Kier molecular flexibility index (Phi) is 8.32. The van der Waals surface area contributed by atoms with Gasteiger partial charge in [-0.1, -0.05) is 32.8 Å². The Bertz CT molecular complexity index is 846. The zero-order valence-corrected chi connectivity index (χ0v) is 19.4. The van der Waals surface area contributed by atoms with E-state index in [0.29, 0.717) is 13.0 Å². The van der Waals surface area contributed by atoms with Crippen molar-refractivity contribution in [3.63, 3.8) is 0 Å². The van der Waals surface area contributed by atoms with Crippen LogP contribution in [-0.2, 0) is 0 Å². The van der Waals surface area contributed by atoms with Gasteiger partial charge in [-0.3, -0.25) is 0 Å². The highest BCUT2D eigenvalue weighted by Crippen LogP contribution is 2.51. The molecule has 0 bridgehead atoms. The Labute approximate surface area is 185 Å². The first-order valence-corrected chi connectivity index (χ1v) is 11.7. The molecule has 1 unspecified atom stereocenters. The highest BCUT2D eigenvalue weighted by molar-refractivity contribution is 7.08. The fraction of sp³-hybridized carbons (Fsp3) is 0.571. The summed E-state index contributed by atoms with van der Waals surface area (Å²) < 4.78 is 0. The lowest BCUT2D eigenvalue weighted by molar-refractivity contribution is 0.0114. The highest BCUT2D eigenvalue weighted by Gasteiger charge is 2.54. The molecule has 0 aromatic carbocycles. The lowest BCUT2D eigenvalue weighted by Crippen LogP contribution is -2.65. The van der Waals surface area contributed by atoms with Crippen LogP contribution < -0.4 is 5.32 Å². The molecule has 0 fully saturated rings. The number of azide groups is 1. The van der Waals surface area contributed by atoms with Crippen LogP contribution in [0, 0.1) is 11.3 Å². The van der Waals surface area contributed by atoms with Crippen molar-refractivity contribution in [3.05, 3.63) is 55.2 Å². The number of nitrogens with zero attached hydrogens (tertiary/aromatic N) is 3. The van der Waals surface area contributed by atoms with Crippen molar-refractivity contribution in [2.45, 2.75) is 51.5 Å². The van der Waals surface area contributed by atoms with E-state index in [0.717, 1.165) is 11.1 Å². The van der Waals surface area contributed by atoms with E-state index < -0.39 is 23.0 Å². The second kappa shape index (κ2) is 10.3. The molecule has 9 heteroatoms. The van der Waals surface area contributed by atoms with Crippen molar-refractivity contribution in [1.82, 2.24) is 5.32 Å². The predicted octanol–water partition coefficient (Wildman–Crippen LogP) is 6.06. The first-order chi connectivity index (χ1) is 14.2. The molecule has 0 spiro atoms. The molecule has 3 N–H and O–H groups in total. The molecular weight excluding hydrogens is 420 g/mol. The summed E-state index contributed by atoms with van der Waals surface area (Å²) >= 11 is 3.10. The molecule has 3 atom stereocenters. The number of hydrogen-bond donors (Lipinski definition) is 3. The number of carboxylic acid groups (broad SMARTS) is 1. The number of aliphatic hydroxyl groups excluding tert-OH is 1. The van der Waals surface area contributed by atoms with Crippen molar-refractivity contribution in [3.8, 4) is 0 Å². The van der Waals surface area contributed by atoms with Gasteiger partial charge >= 0.3 is 6.09 Å². The fourth-order valence-corrected chi connectivity index (χ4v) is 6.39. The van der Waals surface area contributed by atoms with Gasteiger partial charge in [0.05, 0.1) is 12.1 Å². The molecular formula is C21H30N4O3S2. The van der Waals surface area contributed by atoms with Gasteiger partial charge in [0.15, 0.2) is 0 Å². The predicted molar refractivity (Wildman–Crippen MR) is 122 cm³/mol. The quantitative estimate of drug-likeness (QED) is 0.219. The summed E-state index contributed by atoms with van der Waals surface area (Å²) in [5, 5.41) is 34.8. The average Bonchev–Trinajstić information content (AvgIpc) is 3.38. The second-order valence-corrected chi connectivity index (χ2v) is 10.1. The van der Waals surface area contributed by atoms with E-state index in [9.17, 15) is 15.0 Å². The SMILES string of the molecule is CC(C)C(NC(=O)O)([C@@H](CO)c1ccsc1)C(C)(C)C[C@H](CN=[N+]=[N-])c1ccsc1. The van der Waals surface area contributed by atoms with E-state index in [4.69, 9.17) is 5.53 Å². The van der Waals surface area contributed by atoms with E-state index in [1.54, 1.807) is 11.3 Å². The lowest BCUT2D eigenvalue weighted by Gasteiger charge is -2.54. The van der Waals surface area contributed by atoms with Crippen LogP contribution in [0.4, 0.5) is 4.79 Å². The van der Waals surface area contributed by atoms with Crippen LogP contribution in [-0.4, -0.2) is 35.0 Å². The molecule has 2 aromatic rings. The smallest absolute Gasteiger partial charge is 0.405 e. The number of thiophene rings is 2. The van der Waals surface area contributed by atoms with Gasteiger partial charge in [-0.05, 0) is 74.0 Å². The number of aliphatic hydroxyl groups is 1. The number of hydrogen-bond acceptors (Lipinski definition) is 5. The maximum atomic E-state index is 12.0. The van der Waals surface area contributed by atoms with Crippen LogP contribution in [0.15, 0.2) is 38.8 Å². The van der Waals surface area contributed by atoms with Gasteiger partial charge in [0.2, 0.25) is 0 Å². The number of amides is 1.